The molecule has 0 radical (unpaired) electrons. The Kier molecular flexibility index (Phi) is 6.12. The van der Waals surface area contributed by atoms with Gasteiger partial charge in [-0.3, -0.25) is 4.79 Å². The quantitative estimate of drug-likeness (QED) is 0.697. The van der Waals surface area contributed by atoms with Crippen LogP contribution >= 0.6 is 0 Å². The van der Waals surface area contributed by atoms with E-state index in [1.807, 2.05) is 6.92 Å². The van der Waals surface area contributed by atoms with Crippen LogP contribution in [0, 0.1) is 5.92 Å². The molecule has 0 aromatic heterocycles. The standard InChI is InChI=1S/C13H21N3O3S/c1-10(8-9-14)6-7-13(17)16-11-4-2-3-5-12(11)20(15,18)19/h2-5,10H,6-9,14H2,1H3,(H,16,17)(H2,15,18,19). The van der Waals surface area contributed by atoms with Gasteiger partial charge in [0.25, 0.3) is 0 Å². The smallest absolute Gasteiger partial charge is 0.240 e. The number of benzene rings is 1. The first-order valence-electron chi connectivity index (χ1n) is 6.46. The highest BCUT2D eigenvalue weighted by Crippen LogP contribution is 2.20. The van der Waals surface area contributed by atoms with Gasteiger partial charge in [0.05, 0.1) is 5.69 Å². The highest BCUT2D eigenvalue weighted by atomic mass is 32.2. The van der Waals surface area contributed by atoms with Crippen molar-refractivity contribution in [3.05, 3.63) is 24.3 Å². The van der Waals surface area contributed by atoms with Crippen molar-refractivity contribution >= 4 is 21.6 Å². The molecule has 1 rings (SSSR count). The number of nitrogens with one attached hydrogen (secondary N) is 1. The minimum absolute atomic E-state index is 0.0802. The van der Waals surface area contributed by atoms with Gasteiger partial charge in [-0.25, -0.2) is 13.6 Å². The fraction of sp³-hybridized carbons (Fsp3) is 0.462. The molecule has 6 nitrogen and oxygen atoms in total. The van der Waals surface area contributed by atoms with Crippen molar-refractivity contribution in [3.8, 4) is 0 Å². The Bertz CT molecular complexity index is 558. The van der Waals surface area contributed by atoms with E-state index in [-0.39, 0.29) is 16.5 Å². The lowest BCUT2D eigenvalue weighted by atomic mass is 10.0. The Morgan fingerprint density at radius 2 is 1.95 bits per heavy atom. The van der Waals surface area contributed by atoms with Crippen LogP contribution in [0.5, 0.6) is 0 Å². The first-order valence-corrected chi connectivity index (χ1v) is 8.01. The number of nitrogens with two attached hydrogens (primary N) is 2. The summed E-state index contributed by atoms with van der Waals surface area (Å²) < 4.78 is 22.8. The van der Waals surface area contributed by atoms with Crippen LogP contribution < -0.4 is 16.2 Å². The second-order valence-corrected chi connectivity index (χ2v) is 6.34. The molecule has 0 spiro atoms. The molecule has 1 aromatic rings. The predicted octanol–water partition coefficient (Wildman–Crippen LogP) is 1.04. The summed E-state index contributed by atoms with van der Waals surface area (Å²) in [7, 11) is -3.85. The molecular weight excluding hydrogens is 278 g/mol. The van der Waals surface area contributed by atoms with Crippen LogP contribution in [0.4, 0.5) is 5.69 Å². The Hall–Kier alpha value is -1.44. The van der Waals surface area contributed by atoms with E-state index in [0.29, 0.717) is 25.3 Å². The molecule has 1 aromatic carbocycles. The van der Waals surface area contributed by atoms with Crippen LogP contribution in [-0.2, 0) is 14.8 Å². The molecular formula is C13H21N3O3S. The van der Waals surface area contributed by atoms with Crippen LogP contribution in [0.3, 0.4) is 0 Å². The molecule has 0 saturated heterocycles. The molecule has 1 amide bonds. The van der Waals surface area contributed by atoms with E-state index in [2.05, 4.69) is 5.32 Å². The lowest BCUT2D eigenvalue weighted by molar-refractivity contribution is -0.116. The van der Waals surface area contributed by atoms with Crippen LogP contribution in [0.25, 0.3) is 0 Å². The zero-order chi connectivity index (χ0) is 15.2. The zero-order valence-electron chi connectivity index (χ0n) is 11.5. The zero-order valence-corrected chi connectivity index (χ0v) is 12.3. The number of anilines is 1. The van der Waals surface area contributed by atoms with Gasteiger partial charge >= 0.3 is 0 Å². The molecule has 1 unspecified atom stereocenters. The van der Waals surface area contributed by atoms with Gasteiger partial charge in [0.1, 0.15) is 4.90 Å². The number of primary sulfonamides is 1. The van der Waals surface area contributed by atoms with Gasteiger partial charge in [-0.2, -0.15) is 0 Å². The van der Waals surface area contributed by atoms with Crippen molar-refractivity contribution < 1.29 is 13.2 Å². The average Bonchev–Trinajstić information content (AvgIpc) is 2.36. The van der Waals surface area contributed by atoms with E-state index in [4.69, 9.17) is 10.9 Å². The minimum atomic E-state index is -3.85. The Labute approximate surface area is 119 Å². The molecule has 112 valence electrons. The second-order valence-electron chi connectivity index (χ2n) is 4.81. The van der Waals surface area contributed by atoms with Gasteiger partial charge in [0.15, 0.2) is 0 Å². The van der Waals surface area contributed by atoms with Crippen molar-refractivity contribution in [2.45, 2.75) is 31.1 Å². The van der Waals surface area contributed by atoms with E-state index < -0.39 is 10.0 Å². The normalized spacial score (nSPS) is 12.9. The third-order valence-electron chi connectivity index (χ3n) is 2.99. The molecule has 5 N–H and O–H groups in total. The fourth-order valence-corrected chi connectivity index (χ4v) is 2.53. The molecule has 7 heteroatoms. The van der Waals surface area contributed by atoms with Gasteiger partial charge < -0.3 is 11.1 Å². The largest absolute Gasteiger partial charge is 0.330 e. The third kappa shape index (κ3) is 5.28. The van der Waals surface area contributed by atoms with Crippen molar-refractivity contribution in [3.63, 3.8) is 0 Å². The number of para-hydroxylation sites is 1. The molecule has 0 heterocycles. The summed E-state index contributed by atoms with van der Waals surface area (Å²) in [6.45, 7) is 2.62. The van der Waals surface area contributed by atoms with Gasteiger partial charge in [-0.1, -0.05) is 19.1 Å². The van der Waals surface area contributed by atoms with Gasteiger partial charge in [-0.05, 0) is 37.4 Å². The summed E-state index contributed by atoms with van der Waals surface area (Å²) in [5.74, 6) is 0.129. The summed E-state index contributed by atoms with van der Waals surface area (Å²) in [4.78, 5) is 11.7. The highest BCUT2D eigenvalue weighted by molar-refractivity contribution is 7.89. The summed E-state index contributed by atoms with van der Waals surface area (Å²) in [6, 6.07) is 6.07. The predicted molar refractivity (Wildman–Crippen MR) is 78.5 cm³/mol. The Morgan fingerprint density at radius 1 is 1.30 bits per heavy atom. The van der Waals surface area contributed by atoms with E-state index >= 15 is 0 Å². The lowest BCUT2D eigenvalue weighted by Crippen LogP contribution is -2.18. The van der Waals surface area contributed by atoms with Crippen LogP contribution in [0.2, 0.25) is 0 Å². The van der Waals surface area contributed by atoms with E-state index in [0.717, 1.165) is 6.42 Å². The van der Waals surface area contributed by atoms with Gasteiger partial charge in [-0.15, -0.1) is 0 Å². The molecule has 0 bridgehead atoms. The average molecular weight is 299 g/mol. The SMILES string of the molecule is CC(CCN)CCC(=O)Nc1ccccc1S(N)(=O)=O. The minimum Gasteiger partial charge on any atom is -0.330 e. The molecule has 1 atom stereocenters. The van der Waals surface area contributed by atoms with Gasteiger partial charge in [0, 0.05) is 6.42 Å². The van der Waals surface area contributed by atoms with E-state index in [1.165, 1.54) is 12.1 Å². The van der Waals surface area contributed by atoms with E-state index in [1.54, 1.807) is 12.1 Å². The number of sulfonamides is 1. The monoisotopic (exact) mass is 299 g/mol. The van der Waals surface area contributed by atoms with Crippen molar-refractivity contribution in [1.82, 2.24) is 0 Å². The third-order valence-corrected chi connectivity index (χ3v) is 3.96. The van der Waals surface area contributed by atoms with Crippen molar-refractivity contribution in [1.29, 1.82) is 0 Å². The molecule has 20 heavy (non-hydrogen) atoms. The van der Waals surface area contributed by atoms with Crippen molar-refractivity contribution in [2.24, 2.45) is 16.8 Å². The Morgan fingerprint density at radius 3 is 2.55 bits per heavy atom. The summed E-state index contributed by atoms with van der Waals surface area (Å²) in [6.07, 6.45) is 1.89. The first kappa shape index (κ1) is 16.6. The second kappa shape index (κ2) is 7.37. The van der Waals surface area contributed by atoms with Crippen LogP contribution in [-0.4, -0.2) is 20.9 Å². The number of hydrogen-bond acceptors (Lipinski definition) is 4. The molecule has 0 aliphatic heterocycles. The summed E-state index contributed by atoms with van der Waals surface area (Å²) in [5.41, 5.74) is 5.66. The topological polar surface area (TPSA) is 115 Å². The molecule has 0 aliphatic rings. The summed E-state index contributed by atoms with van der Waals surface area (Å²) >= 11 is 0. The number of amides is 1. The molecule has 0 fully saturated rings. The number of hydrogen-bond donors (Lipinski definition) is 3. The van der Waals surface area contributed by atoms with Gasteiger partial charge in [0.2, 0.25) is 15.9 Å². The maximum absolute atomic E-state index is 11.8. The number of rotatable bonds is 7. The van der Waals surface area contributed by atoms with Crippen LogP contribution in [0.15, 0.2) is 29.2 Å². The Balaban J connectivity index is 2.68. The highest BCUT2D eigenvalue weighted by Gasteiger charge is 2.15. The number of carbonyl (C=O) groups is 1. The van der Waals surface area contributed by atoms with Crippen molar-refractivity contribution in [2.75, 3.05) is 11.9 Å². The first-order chi connectivity index (χ1) is 9.34. The van der Waals surface area contributed by atoms with E-state index in [9.17, 15) is 13.2 Å². The maximum Gasteiger partial charge on any atom is 0.240 e. The molecule has 0 saturated carbocycles. The van der Waals surface area contributed by atoms with Crippen LogP contribution in [0.1, 0.15) is 26.2 Å². The molecule has 0 aliphatic carbocycles. The summed E-state index contributed by atoms with van der Waals surface area (Å²) in [5, 5.41) is 7.69. The maximum atomic E-state index is 11.8. The fourth-order valence-electron chi connectivity index (χ4n) is 1.84. The lowest BCUT2D eigenvalue weighted by Gasteiger charge is -2.11. The number of carbonyl (C=O) groups excluding carboxylic acids is 1.